The lowest BCUT2D eigenvalue weighted by atomic mass is 9.90. The molecule has 0 atom stereocenters. The van der Waals surface area contributed by atoms with Crippen LogP contribution in [0.2, 0.25) is 0 Å². The minimum atomic E-state index is -0.804. The number of pyridine rings is 1. The number of nitrogens with zero attached hydrogens (tertiary/aromatic N) is 3. The van der Waals surface area contributed by atoms with Gasteiger partial charge in [-0.15, -0.1) is 0 Å². The highest BCUT2D eigenvalue weighted by Crippen LogP contribution is 2.25. The lowest BCUT2D eigenvalue weighted by Gasteiger charge is -2.30. The van der Waals surface area contributed by atoms with E-state index in [9.17, 15) is 10.1 Å². The number of morpholine rings is 1. The summed E-state index contributed by atoms with van der Waals surface area (Å²) in [6, 6.07) is 11.0. The topological polar surface area (TPSA) is 140 Å². The van der Waals surface area contributed by atoms with Gasteiger partial charge in [-0.3, -0.25) is 9.78 Å². The number of nitrogens with two attached hydrogens (primary N) is 2. The first-order valence-corrected chi connectivity index (χ1v) is 11.9. The van der Waals surface area contributed by atoms with Gasteiger partial charge in [0.05, 0.1) is 42.7 Å². The number of nitriles is 1. The lowest BCUT2D eigenvalue weighted by Crippen LogP contribution is -2.37. The smallest absolute Gasteiger partial charge is 0.255 e. The molecular formula is C27H34N6O3. The lowest BCUT2D eigenvalue weighted by molar-refractivity contribution is 0.0519. The predicted molar refractivity (Wildman–Crippen MR) is 139 cm³/mol. The molecule has 2 heterocycles. The minimum Gasteiger partial charge on any atom is -0.478 e. The number of amides is 1. The molecule has 0 radical (unpaired) electrons. The Labute approximate surface area is 212 Å². The van der Waals surface area contributed by atoms with Crippen molar-refractivity contribution in [1.82, 2.24) is 9.88 Å². The average Bonchev–Trinajstić information content (AvgIpc) is 2.88. The summed E-state index contributed by atoms with van der Waals surface area (Å²) >= 11 is 0. The number of allylic oxidation sites excluding steroid dienone is 1. The summed E-state index contributed by atoms with van der Waals surface area (Å²) in [5.41, 5.74) is 16.4. The summed E-state index contributed by atoms with van der Waals surface area (Å²) in [4.78, 5) is 19.3. The Kier molecular flexibility index (Phi) is 8.56. The Hall–Kier alpha value is -4.03. The van der Waals surface area contributed by atoms with Gasteiger partial charge in [-0.05, 0) is 63.6 Å². The molecule has 1 fully saturated rings. The number of aryl methyl sites for hydroxylation is 1. The molecule has 9 nitrogen and oxygen atoms in total. The van der Waals surface area contributed by atoms with Gasteiger partial charge in [0.15, 0.2) is 0 Å². The molecule has 1 aromatic carbocycles. The fraction of sp³-hybridized carbons (Fsp3) is 0.370. The van der Waals surface area contributed by atoms with Crippen molar-refractivity contribution in [3.63, 3.8) is 0 Å². The van der Waals surface area contributed by atoms with E-state index in [2.05, 4.69) is 21.3 Å². The van der Waals surface area contributed by atoms with Crippen molar-refractivity contribution >= 4 is 17.3 Å². The first kappa shape index (κ1) is 26.6. The standard InChI is InChI=1S/C27H34N6O3/c1-5-36-25(30)23(33-10-12-35-13-11-33)16-22(29)21-15-20(7-6-18(21)2)32-26(34)19-8-9-31-24(14-19)27(3,4)17-28/h6-9,14-16H,5,10-13,29-30H2,1-4H3,(H,32,34)/b22-16-,25-23-. The summed E-state index contributed by atoms with van der Waals surface area (Å²) in [7, 11) is 0. The van der Waals surface area contributed by atoms with Gasteiger partial charge < -0.3 is 31.2 Å². The number of rotatable bonds is 8. The highest BCUT2D eigenvalue weighted by Gasteiger charge is 2.23. The maximum absolute atomic E-state index is 13.0. The molecule has 0 spiro atoms. The summed E-state index contributed by atoms with van der Waals surface area (Å²) in [5, 5.41) is 12.3. The second-order valence-corrected chi connectivity index (χ2v) is 9.03. The maximum Gasteiger partial charge on any atom is 0.255 e. The first-order valence-electron chi connectivity index (χ1n) is 11.9. The Morgan fingerprint density at radius 3 is 2.67 bits per heavy atom. The molecule has 0 unspecified atom stereocenters. The van der Waals surface area contributed by atoms with Crippen LogP contribution in [-0.4, -0.2) is 48.7 Å². The van der Waals surface area contributed by atoms with Gasteiger partial charge in [0, 0.05) is 41.8 Å². The van der Waals surface area contributed by atoms with Crippen LogP contribution in [0.5, 0.6) is 0 Å². The van der Waals surface area contributed by atoms with Gasteiger partial charge in [-0.1, -0.05) is 6.07 Å². The molecule has 1 aliphatic heterocycles. The molecule has 0 aliphatic carbocycles. The first-order chi connectivity index (χ1) is 17.2. The van der Waals surface area contributed by atoms with Gasteiger partial charge in [-0.25, -0.2) is 0 Å². The van der Waals surface area contributed by atoms with Crippen molar-refractivity contribution < 1.29 is 14.3 Å². The zero-order valence-corrected chi connectivity index (χ0v) is 21.3. The third-order valence-corrected chi connectivity index (χ3v) is 5.94. The highest BCUT2D eigenvalue weighted by molar-refractivity contribution is 6.04. The fourth-order valence-electron chi connectivity index (χ4n) is 3.76. The molecule has 5 N–H and O–H groups in total. The molecule has 36 heavy (non-hydrogen) atoms. The molecule has 0 saturated carbocycles. The number of carbonyl (C=O) groups excluding carboxylic acids is 1. The zero-order chi connectivity index (χ0) is 26.3. The van der Waals surface area contributed by atoms with Crippen molar-refractivity contribution in [2.24, 2.45) is 11.5 Å². The Balaban J connectivity index is 1.89. The summed E-state index contributed by atoms with van der Waals surface area (Å²) in [5.74, 6) is -0.00233. The Morgan fingerprint density at radius 1 is 1.28 bits per heavy atom. The summed E-state index contributed by atoms with van der Waals surface area (Å²) in [6.45, 7) is 10.3. The monoisotopic (exact) mass is 490 g/mol. The van der Waals surface area contributed by atoms with Gasteiger partial charge in [-0.2, -0.15) is 5.26 Å². The van der Waals surface area contributed by atoms with E-state index in [-0.39, 0.29) is 5.91 Å². The predicted octanol–water partition coefficient (Wildman–Crippen LogP) is 3.24. The quantitative estimate of drug-likeness (QED) is 0.378. The molecule has 0 bridgehead atoms. The second kappa shape index (κ2) is 11.6. The number of ether oxygens (including phenoxy) is 2. The number of hydrogen-bond donors (Lipinski definition) is 3. The largest absolute Gasteiger partial charge is 0.478 e. The SMILES string of the molecule is CCO/C(N)=C(/C=C(\N)c1cc(NC(=O)c2ccnc(C(C)(C)C#N)c2)ccc1C)N1CCOCC1. The van der Waals surface area contributed by atoms with E-state index in [1.165, 1.54) is 6.20 Å². The van der Waals surface area contributed by atoms with Crippen LogP contribution in [0.25, 0.3) is 5.70 Å². The number of carbonyl (C=O) groups is 1. The van der Waals surface area contributed by atoms with Crippen LogP contribution in [0, 0.1) is 18.3 Å². The van der Waals surface area contributed by atoms with E-state index in [4.69, 9.17) is 20.9 Å². The van der Waals surface area contributed by atoms with Crippen LogP contribution in [0.15, 0.2) is 54.2 Å². The average molecular weight is 491 g/mol. The third-order valence-electron chi connectivity index (χ3n) is 5.94. The minimum absolute atomic E-state index is 0.304. The maximum atomic E-state index is 13.0. The van der Waals surface area contributed by atoms with Gasteiger partial charge in [0.25, 0.3) is 5.91 Å². The third kappa shape index (κ3) is 6.34. The van der Waals surface area contributed by atoms with Crippen LogP contribution in [0.1, 0.15) is 48.0 Å². The Morgan fingerprint density at radius 2 is 2.00 bits per heavy atom. The van der Waals surface area contributed by atoms with E-state index in [1.807, 2.05) is 38.1 Å². The molecule has 190 valence electrons. The number of anilines is 1. The fourth-order valence-corrected chi connectivity index (χ4v) is 3.76. The molecular weight excluding hydrogens is 456 g/mol. The van der Waals surface area contributed by atoms with E-state index < -0.39 is 5.41 Å². The zero-order valence-electron chi connectivity index (χ0n) is 21.3. The van der Waals surface area contributed by atoms with Gasteiger partial charge >= 0.3 is 0 Å². The van der Waals surface area contributed by atoms with Crippen molar-refractivity contribution in [3.8, 4) is 6.07 Å². The molecule has 3 rings (SSSR count). The van der Waals surface area contributed by atoms with Crippen molar-refractivity contribution in [2.45, 2.75) is 33.1 Å². The van der Waals surface area contributed by atoms with Crippen LogP contribution >= 0.6 is 0 Å². The number of nitrogens with one attached hydrogen (secondary N) is 1. The van der Waals surface area contributed by atoms with Crippen molar-refractivity contribution in [3.05, 3.63) is 76.6 Å². The van der Waals surface area contributed by atoms with E-state index in [0.717, 1.165) is 11.1 Å². The van der Waals surface area contributed by atoms with Crippen molar-refractivity contribution in [2.75, 3.05) is 38.2 Å². The number of hydrogen-bond acceptors (Lipinski definition) is 8. The van der Waals surface area contributed by atoms with Gasteiger partial charge in [0.1, 0.15) is 0 Å². The molecule has 2 aromatic rings. The molecule has 1 amide bonds. The van der Waals surface area contributed by atoms with E-state index in [0.29, 0.717) is 67.1 Å². The molecule has 1 saturated heterocycles. The summed E-state index contributed by atoms with van der Waals surface area (Å²) < 4.78 is 11.0. The van der Waals surface area contributed by atoms with Gasteiger partial charge in [0.2, 0.25) is 5.88 Å². The highest BCUT2D eigenvalue weighted by atomic mass is 16.5. The Bertz CT molecular complexity index is 1210. The van der Waals surface area contributed by atoms with Crippen molar-refractivity contribution in [1.29, 1.82) is 5.26 Å². The second-order valence-electron chi connectivity index (χ2n) is 9.03. The molecule has 1 aliphatic rings. The summed E-state index contributed by atoms with van der Waals surface area (Å²) in [6.07, 6.45) is 3.34. The van der Waals surface area contributed by atoms with Crippen LogP contribution in [0.3, 0.4) is 0 Å². The number of benzene rings is 1. The van der Waals surface area contributed by atoms with E-state index >= 15 is 0 Å². The molecule has 9 heteroatoms. The van der Waals surface area contributed by atoms with E-state index in [1.54, 1.807) is 26.0 Å². The van der Waals surface area contributed by atoms with Crippen LogP contribution < -0.4 is 16.8 Å². The normalized spacial score (nSPS) is 15.1. The molecule has 1 aromatic heterocycles. The van der Waals surface area contributed by atoms with Crippen LogP contribution in [0.4, 0.5) is 5.69 Å². The van der Waals surface area contributed by atoms with Crippen LogP contribution in [-0.2, 0) is 14.9 Å². The number of aromatic nitrogens is 1.